The number of rotatable bonds is 5. The van der Waals surface area contributed by atoms with E-state index in [1.165, 1.54) is 0 Å². The van der Waals surface area contributed by atoms with Crippen molar-refractivity contribution in [2.45, 2.75) is 27.0 Å². The molecular weight excluding hydrogens is 323 g/mol. The first kappa shape index (κ1) is 13.4. The average Bonchev–Trinajstić information content (AvgIpc) is 2.61. The van der Waals surface area contributed by atoms with Crippen molar-refractivity contribution < 1.29 is 14.3 Å². The maximum atomic E-state index is 11.5. The number of nitrogens with zero attached hydrogens (tertiary/aromatic N) is 2. The van der Waals surface area contributed by atoms with Gasteiger partial charge in [0.1, 0.15) is 15.5 Å². The zero-order chi connectivity index (χ0) is 12.1. The van der Waals surface area contributed by atoms with Crippen LogP contribution in [0.4, 0.5) is 0 Å². The number of halogens is 1. The third kappa shape index (κ3) is 3.18. The summed E-state index contributed by atoms with van der Waals surface area (Å²) in [6.45, 7) is 6.53. The molecule has 1 unspecified atom stereocenters. The molecule has 90 valence electrons. The van der Waals surface area contributed by atoms with Gasteiger partial charge in [-0.15, -0.1) is 0 Å². The predicted octanol–water partition coefficient (Wildman–Crippen LogP) is 2.22. The first-order valence-corrected chi connectivity index (χ1v) is 6.21. The van der Waals surface area contributed by atoms with Gasteiger partial charge >= 0.3 is 5.97 Å². The summed E-state index contributed by atoms with van der Waals surface area (Å²) in [6.07, 6.45) is 1.47. The predicted molar refractivity (Wildman–Crippen MR) is 67.2 cm³/mol. The van der Waals surface area contributed by atoms with Crippen LogP contribution in [0.25, 0.3) is 0 Å². The Labute approximate surface area is 108 Å². The fraction of sp³-hybridized carbons (Fsp3) is 0.600. The first-order chi connectivity index (χ1) is 7.60. The van der Waals surface area contributed by atoms with E-state index in [0.29, 0.717) is 22.5 Å². The van der Waals surface area contributed by atoms with E-state index in [2.05, 4.69) is 5.10 Å². The van der Waals surface area contributed by atoms with E-state index in [0.717, 1.165) is 0 Å². The van der Waals surface area contributed by atoms with Crippen LogP contribution >= 0.6 is 22.6 Å². The summed E-state index contributed by atoms with van der Waals surface area (Å²) in [5.41, 5.74) is 0.481. The summed E-state index contributed by atoms with van der Waals surface area (Å²) >= 11 is 2.01. The van der Waals surface area contributed by atoms with E-state index in [-0.39, 0.29) is 12.2 Å². The van der Waals surface area contributed by atoms with E-state index in [1.54, 1.807) is 17.8 Å². The van der Waals surface area contributed by atoms with Crippen LogP contribution in [0.2, 0.25) is 0 Å². The second kappa shape index (κ2) is 6.19. The number of carbonyl (C=O) groups is 1. The Hall–Kier alpha value is -0.630. The molecule has 0 saturated heterocycles. The van der Waals surface area contributed by atoms with Crippen molar-refractivity contribution in [2.24, 2.45) is 0 Å². The molecule has 0 aliphatic rings. The van der Waals surface area contributed by atoms with Crippen molar-refractivity contribution in [3.8, 4) is 0 Å². The Balaban J connectivity index is 2.84. The monoisotopic (exact) mass is 338 g/mol. The zero-order valence-electron chi connectivity index (χ0n) is 9.57. The molecule has 0 amide bonds. The molecule has 1 heterocycles. The number of esters is 1. The van der Waals surface area contributed by atoms with Gasteiger partial charge in [-0.05, 0) is 43.4 Å². The molecule has 16 heavy (non-hydrogen) atoms. The summed E-state index contributed by atoms with van der Waals surface area (Å²) in [5, 5.41) is 4.21. The lowest BCUT2D eigenvalue weighted by molar-refractivity contribution is 0.0156. The maximum absolute atomic E-state index is 11.5. The fourth-order valence-corrected chi connectivity index (χ4v) is 1.83. The average molecular weight is 338 g/mol. The van der Waals surface area contributed by atoms with Crippen LogP contribution in [0.3, 0.4) is 0 Å². The van der Waals surface area contributed by atoms with Gasteiger partial charge in [0.25, 0.3) is 0 Å². The van der Waals surface area contributed by atoms with Gasteiger partial charge in [0.15, 0.2) is 0 Å². The number of carbonyl (C=O) groups excluding carboxylic acids is 1. The molecule has 0 radical (unpaired) electrons. The summed E-state index contributed by atoms with van der Waals surface area (Å²) < 4.78 is 12.6. The highest BCUT2D eigenvalue weighted by molar-refractivity contribution is 14.1. The molecule has 0 aliphatic heterocycles. The van der Waals surface area contributed by atoms with E-state index >= 15 is 0 Å². The molecule has 0 N–H and O–H groups in total. The van der Waals surface area contributed by atoms with Gasteiger partial charge in [0.2, 0.25) is 0 Å². The lowest BCUT2D eigenvalue weighted by Gasteiger charge is -2.10. The topological polar surface area (TPSA) is 53.4 Å². The number of ether oxygens (including phenoxy) is 2. The fourth-order valence-electron chi connectivity index (χ4n) is 1.22. The molecule has 1 rings (SSSR count). The molecule has 0 aromatic carbocycles. The molecule has 1 aromatic rings. The Bertz CT molecular complexity index is 365. The lowest BCUT2D eigenvalue weighted by Crippen LogP contribution is -2.10. The molecule has 1 aromatic heterocycles. The maximum Gasteiger partial charge on any atom is 0.342 e. The molecule has 0 fully saturated rings. The largest absolute Gasteiger partial charge is 0.462 e. The van der Waals surface area contributed by atoms with Gasteiger partial charge < -0.3 is 9.47 Å². The summed E-state index contributed by atoms with van der Waals surface area (Å²) in [5.74, 6) is -0.346. The van der Waals surface area contributed by atoms with Crippen LogP contribution in [-0.2, 0) is 9.47 Å². The summed E-state index contributed by atoms with van der Waals surface area (Å²) in [4.78, 5) is 11.5. The van der Waals surface area contributed by atoms with Crippen LogP contribution < -0.4 is 0 Å². The van der Waals surface area contributed by atoms with Crippen molar-refractivity contribution in [3.63, 3.8) is 0 Å². The van der Waals surface area contributed by atoms with Crippen LogP contribution in [0.1, 0.15) is 37.4 Å². The van der Waals surface area contributed by atoms with Crippen molar-refractivity contribution in [3.05, 3.63) is 15.5 Å². The minimum atomic E-state index is -0.346. The molecule has 0 aliphatic carbocycles. The molecule has 0 bridgehead atoms. The molecule has 5 nitrogen and oxygen atoms in total. The third-order valence-corrected chi connectivity index (χ3v) is 2.76. The van der Waals surface area contributed by atoms with Crippen molar-refractivity contribution >= 4 is 28.6 Å². The third-order valence-electron chi connectivity index (χ3n) is 1.96. The highest BCUT2D eigenvalue weighted by atomic mass is 127. The minimum Gasteiger partial charge on any atom is -0.462 e. The molecule has 0 spiro atoms. The van der Waals surface area contributed by atoms with Gasteiger partial charge in [-0.25, -0.2) is 9.48 Å². The highest BCUT2D eigenvalue weighted by Gasteiger charge is 2.17. The summed E-state index contributed by atoms with van der Waals surface area (Å²) in [7, 11) is 0. The molecule has 1 atom stereocenters. The second-order valence-corrected chi connectivity index (χ2v) is 4.11. The SMILES string of the molecule is CCOC(=O)c1cn(C(C)OCC)nc1I. The number of hydrogen-bond acceptors (Lipinski definition) is 4. The van der Waals surface area contributed by atoms with Crippen molar-refractivity contribution in [2.75, 3.05) is 13.2 Å². The molecule has 6 heteroatoms. The Morgan fingerprint density at radius 2 is 2.25 bits per heavy atom. The number of hydrogen-bond donors (Lipinski definition) is 0. The first-order valence-electron chi connectivity index (χ1n) is 5.13. The standard InChI is InChI=1S/C10H15IN2O3/c1-4-15-7(3)13-6-8(9(11)12-13)10(14)16-5-2/h6-7H,4-5H2,1-3H3. The Morgan fingerprint density at radius 1 is 1.56 bits per heavy atom. The van der Waals surface area contributed by atoms with Gasteiger partial charge in [-0.2, -0.15) is 5.10 Å². The van der Waals surface area contributed by atoms with Gasteiger partial charge in [0, 0.05) is 12.8 Å². The zero-order valence-corrected chi connectivity index (χ0v) is 11.7. The van der Waals surface area contributed by atoms with Crippen LogP contribution in [-0.4, -0.2) is 29.0 Å². The Kier molecular flexibility index (Phi) is 5.20. The van der Waals surface area contributed by atoms with Crippen LogP contribution in [0.5, 0.6) is 0 Å². The van der Waals surface area contributed by atoms with E-state index < -0.39 is 0 Å². The van der Waals surface area contributed by atoms with Gasteiger partial charge in [0.05, 0.1) is 6.61 Å². The minimum absolute atomic E-state index is 0.179. The lowest BCUT2D eigenvalue weighted by atomic mass is 10.4. The normalized spacial score (nSPS) is 12.5. The highest BCUT2D eigenvalue weighted by Crippen LogP contribution is 2.15. The van der Waals surface area contributed by atoms with Crippen LogP contribution in [0.15, 0.2) is 6.20 Å². The van der Waals surface area contributed by atoms with E-state index in [4.69, 9.17) is 9.47 Å². The quantitative estimate of drug-likeness (QED) is 0.610. The Morgan fingerprint density at radius 3 is 2.81 bits per heavy atom. The second-order valence-electron chi connectivity index (χ2n) is 3.09. The smallest absolute Gasteiger partial charge is 0.342 e. The van der Waals surface area contributed by atoms with E-state index in [9.17, 15) is 4.79 Å². The molecule has 0 saturated carbocycles. The number of aromatic nitrogens is 2. The van der Waals surface area contributed by atoms with Crippen molar-refractivity contribution in [1.29, 1.82) is 0 Å². The van der Waals surface area contributed by atoms with Crippen molar-refractivity contribution in [1.82, 2.24) is 9.78 Å². The van der Waals surface area contributed by atoms with Gasteiger partial charge in [-0.1, -0.05) is 0 Å². The molecular formula is C10H15IN2O3. The van der Waals surface area contributed by atoms with Gasteiger partial charge in [-0.3, -0.25) is 0 Å². The van der Waals surface area contributed by atoms with Crippen LogP contribution in [0, 0.1) is 3.70 Å². The summed E-state index contributed by atoms with van der Waals surface area (Å²) in [6, 6.07) is 0. The van der Waals surface area contributed by atoms with E-state index in [1.807, 2.05) is 36.4 Å².